The highest BCUT2D eigenvalue weighted by molar-refractivity contribution is 5.93. The summed E-state index contributed by atoms with van der Waals surface area (Å²) in [5.41, 5.74) is 0.217. The summed E-state index contributed by atoms with van der Waals surface area (Å²) in [6, 6.07) is 5.37. The van der Waals surface area contributed by atoms with Crippen LogP contribution >= 0.6 is 0 Å². The van der Waals surface area contributed by atoms with Crippen molar-refractivity contribution in [1.82, 2.24) is 15.0 Å². The van der Waals surface area contributed by atoms with Gasteiger partial charge in [0.25, 0.3) is 0 Å². The van der Waals surface area contributed by atoms with Crippen molar-refractivity contribution in [2.45, 2.75) is 77.1 Å². The van der Waals surface area contributed by atoms with Crippen molar-refractivity contribution in [2.24, 2.45) is 0 Å². The summed E-state index contributed by atoms with van der Waals surface area (Å²) in [6.07, 6.45) is 6.20. The van der Waals surface area contributed by atoms with Crippen molar-refractivity contribution in [2.75, 3.05) is 5.32 Å². The molecule has 0 bridgehead atoms. The zero-order valence-corrected chi connectivity index (χ0v) is 20.2. The average Bonchev–Trinajstić information content (AvgIpc) is 3.61. The third kappa shape index (κ3) is 3.96. The molecular weight excluding hydrogens is 432 g/mol. The standard InChI is InChI=1S/C26H30N4O4/c1-6-26(5,32)19-13-28-23(33-15-7-8-15)18-12-27-21(11-17(18)19)29-20-10-9-16-22(30-20)14(2)25(3,4)34-24(16)31/h9-15,32H,6-8H2,1-5H3,(H,27,29,30)/t14-,26-/m1/s1. The number of esters is 1. The van der Waals surface area contributed by atoms with Gasteiger partial charge in [-0.1, -0.05) is 13.8 Å². The molecule has 5 rings (SSSR count). The molecule has 0 aromatic carbocycles. The lowest BCUT2D eigenvalue weighted by molar-refractivity contribution is -0.0189. The Hall–Kier alpha value is -3.26. The minimum Gasteiger partial charge on any atom is -0.474 e. The fourth-order valence-corrected chi connectivity index (χ4v) is 4.13. The van der Waals surface area contributed by atoms with E-state index in [1.165, 1.54) is 0 Å². The summed E-state index contributed by atoms with van der Waals surface area (Å²) >= 11 is 0. The molecule has 1 aliphatic heterocycles. The van der Waals surface area contributed by atoms with Gasteiger partial charge in [0.15, 0.2) is 0 Å². The van der Waals surface area contributed by atoms with Crippen LogP contribution in [0.3, 0.4) is 0 Å². The average molecular weight is 463 g/mol. The van der Waals surface area contributed by atoms with E-state index in [-0.39, 0.29) is 18.0 Å². The first-order valence-corrected chi connectivity index (χ1v) is 11.8. The van der Waals surface area contributed by atoms with Gasteiger partial charge in [-0.15, -0.1) is 0 Å². The number of nitrogens with zero attached hydrogens (tertiary/aromatic N) is 3. The monoisotopic (exact) mass is 462 g/mol. The number of rotatable bonds is 6. The highest BCUT2D eigenvalue weighted by Crippen LogP contribution is 2.39. The van der Waals surface area contributed by atoms with Gasteiger partial charge in [-0.05, 0) is 63.6 Å². The zero-order chi connectivity index (χ0) is 24.3. The van der Waals surface area contributed by atoms with E-state index < -0.39 is 11.2 Å². The predicted octanol–water partition coefficient (Wildman–Crippen LogP) is 4.98. The molecule has 8 nitrogen and oxygen atoms in total. The van der Waals surface area contributed by atoms with Crippen molar-refractivity contribution in [3.8, 4) is 5.88 Å². The number of pyridine rings is 3. The summed E-state index contributed by atoms with van der Waals surface area (Å²) in [5.74, 6) is 1.26. The summed E-state index contributed by atoms with van der Waals surface area (Å²) < 4.78 is 11.6. The number of aliphatic hydroxyl groups is 1. The second-order valence-electron chi connectivity index (χ2n) is 10.0. The van der Waals surface area contributed by atoms with E-state index in [4.69, 9.17) is 14.5 Å². The van der Waals surface area contributed by atoms with Crippen molar-refractivity contribution in [3.05, 3.63) is 47.4 Å². The van der Waals surface area contributed by atoms with Gasteiger partial charge in [0.05, 0.1) is 22.2 Å². The maximum Gasteiger partial charge on any atom is 0.340 e. The SMILES string of the molecule is CC[C@@](C)(O)c1cnc(OC2CC2)c2cnc(Nc3ccc4c(n3)[C@@H](C)C(C)(C)OC4=O)cc12. The maximum atomic E-state index is 12.4. The number of aromatic nitrogens is 3. The molecule has 2 atom stereocenters. The first kappa shape index (κ1) is 22.5. The van der Waals surface area contributed by atoms with Gasteiger partial charge in [-0.25, -0.2) is 19.7 Å². The van der Waals surface area contributed by atoms with E-state index in [1.807, 2.05) is 33.8 Å². The van der Waals surface area contributed by atoms with Gasteiger partial charge >= 0.3 is 5.97 Å². The van der Waals surface area contributed by atoms with Crippen LogP contribution in [-0.4, -0.2) is 37.7 Å². The first-order chi connectivity index (χ1) is 16.1. The van der Waals surface area contributed by atoms with E-state index in [9.17, 15) is 9.90 Å². The number of fused-ring (bicyclic) bond motifs is 2. The highest BCUT2D eigenvalue weighted by atomic mass is 16.6. The molecule has 3 aromatic rings. The van der Waals surface area contributed by atoms with E-state index in [1.54, 1.807) is 31.5 Å². The summed E-state index contributed by atoms with van der Waals surface area (Å²) in [5, 5.41) is 15.9. The molecule has 0 spiro atoms. The third-order valence-corrected chi connectivity index (χ3v) is 7.02. The van der Waals surface area contributed by atoms with Gasteiger partial charge in [0.1, 0.15) is 23.3 Å². The molecule has 1 saturated carbocycles. The van der Waals surface area contributed by atoms with Gasteiger partial charge < -0.3 is 19.9 Å². The molecule has 34 heavy (non-hydrogen) atoms. The molecule has 4 heterocycles. The minimum atomic E-state index is -1.05. The Morgan fingerprint density at radius 3 is 2.68 bits per heavy atom. The number of nitrogens with one attached hydrogen (secondary N) is 1. The normalized spacial score (nSPS) is 20.9. The molecule has 1 fully saturated rings. The number of carbonyl (C=O) groups is 1. The van der Waals surface area contributed by atoms with Crippen LogP contribution in [0.5, 0.6) is 5.88 Å². The molecule has 2 aliphatic rings. The first-order valence-electron chi connectivity index (χ1n) is 11.8. The molecule has 0 radical (unpaired) electrons. The van der Waals surface area contributed by atoms with Crippen LogP contribution in [-0.2, 0) is 10.3 Å². The van der Waals surface area contributed by atoms with Gasteiger partial charge in [0.2, 0.25) is 5.88 Å². The van der Waals surface area contributed by atoms with Crippen LogP contribution in [0.25, 0.3) is 10.8 Å². The zero-order valence-electron chi connectivity index (χ0n) is 20.2. The van der Waals surface area contributed by atoms with Crippen LogP contribution in [0.4, 0.5) is 11.6 Å². The van der Waals surface area contributed by atoms with E-state index in [0.29, 0.717) is 35.2 Å². The van der Waals surface area contributed by atoms with E-state index in [2.05, 4.69) is 15.3 Å². The molecule has 0 saturated heterocycles. The number of carbonyl (C=O) groups excluding carboxylic acids is 1. The second kappa shape index (κ2) is 7.91. The number of cyclic esters (lactones) is 1. The predicted molar refractivity (Wildman–Crippen MR) is 128 cm³/mol. The topological polar surface area (TPSA) is 106 Å². The van der Waals surface area contributed by atoms with E-state index >= 15 is 0 Å². The Morgan fingerprint density at radius 1 is 1.21 bits per heavy atom. The Morgan fingerprint density at radius 2 is 1.97 bits per heavy atom. The van der Waals surface area contributed by atoms with Crippen molar-refractivity contribution in [1.29, 1.82) is 0 Å². The van der Waals surface area contributed by atoms with Crippen LogP contribution in [0.2, 0.25) is 0 Å². The Balaban J connectivity index is 1.54. The fraction of sp³-hybridized carbons (Fsp3) is 0.462. The quantitative estimate of drug-likeness (QED) is 0.494. The van der Waals surface area contributed by atoms with E-state index in [0.717, 1.165) is 29.2 Å². The summed E-state index contributed by atoms with van der Waals surface area (Å²) in [7, 11) is 0. The van der Waals surface area contributed by atoms with Gasteiger partial charge in [-0.3, -0.25) is 0 Å². The largest absolute Gasteiger partial charge is 0.474 e. The molecule has 8 heteroatoms. The molecule has 0 amide bonds. The Labute approximate surface area is 198 Å². The van der Waals surface area contributed by atoms with Crippen LogP contribution in [0.15, 0.2) is 30.6 Å². The lowest BCUT2D eigenvalue weighted by Crippen LogP contribution is -2.39. The van der Waals surface area contributed by atoms with Gasteiger partial charge in [0, 0.05) is 23.9 Å². The highest BCUT2D eigenvalue weighted by Gasteiger charge is 2.40. The molecule has 2 N–H and O–H groups in total. The lowest BCUT2D eigenvalue weighted by Gasteiger charge is -2.36. The van der Waals surface area contributed by atoms with Crippen molar-refractivity contribution in [3.63, 3.8) is 0 Å². The fourth-order valence-electron chi connectivity index (χ4n) is 4.13. The molecular formula is C26H30N4O4. The van der Waals surface area contributed by atoms with Crippen LogP contribution in [0.1, 0.15) is 81.4 Å². The Kier molecular flexibility index (Phi) is 5.24. The number of hydrogen-bond donors (Lipinski definition) is 2. The second-order valence-corrected chi connectivity index (χ2v) is 10.0. The smallest absolute Gasteiger partial charge is 0.340 e. The number of hydrogen-bond acceptors (Lipinski definition) is 8. The Bertz CT molecular complexity index is 1280. The molecule has 178 valence electrons. The summed E-state index contributed by atoms with van der Waals surface area (Å²) in [6.45, 7) is 9.50. The third-order valence-electron chi connectivity index (χ3n) is 7.02. The molecule has 3 aromatic heterocycles. The number of ether oxygens (including phenoxy) is 2. The maximum absolute atomic E-state index is 12.4. The molecule has 0 unspecified atom stereocenters. The lowest BCUT2D eigenvalue weighted by atomic mass is 9.84. The summed E-state index contributed by atoms with van der Waals surface area (Å²) in [4.78, 5) is 26.2. The van der Waals surface area contributed by atoms with Crippen molar-refractivity contribution >= 4 is 28.4 Å². The van der Waals surface area contributed by atoms with Crippen LogP contribution in [0, 0.1) is 0 Å². The van der Waals surface area contributed by atoms with Crippen molar-refractivity contribution < 1.29 is 19.4 Å². The number of anilines is 2. The van der Waals surface area contributed by atoms with Crippen LogP contribution < -0.4 is 10.1 Å². The minimum absolute atomic E-state index is 0.0639. The van der Waals surface area contributed by atoms with Gasteiger partial charge in [-0.2, -0.15) is 0 Å². The molecule has 1 aliphatic carbocycles.